The normalized spacial score (nSPS) is 16.6. The Bertz CT molecular complexity index is 1170. The second-order valence-corrected chi connectivity index (χ2v) is 9.85. The number of aromatic nitrogens is 1. The van der Waals surface area contributed by atoms with Crippen molar-refractivity contribution in [3.05, 3.63) is 64.1 Å². The van der Waals surface area contributed by atoms with Crippen molar-refractivity contribution in [1.29, 1.82) is 0 Å². The summed E-state index contributed by atoms with van der Waals surface area (Å²) in [4.78, 5) is 34.6. The van der Waals surface area contributed by atoms with Gasteiger partial charge in [-0.1, -0.05) is 23.7 Å². The summed E-state index contributed by atoms with van der Waals surface area (Å²) in [5, 5.41) is 0.698. The standard InChI is InChI=1S/C25H24ClN3O3S/c1-16(30)28-11-9-21(10-12-28)32-23-7-6-20(15-27-23)29-13-8-18-14-22(33-24(18)25(29)31)17-2-4-19(26)5-3-17/h2-7,14-15,21H,8-13H2,1H3. The third-order valence-electron chi connectivity index (χ3n) is 6.19. The lowest BCUT2D eigenvalue weighted by atomic mass is 10.1. The van der Waals surface area contributed by atoms with Gasteiger partial charge in [0.05, 0.1) is 16.8 Å². The van der Waals surface area contributed by atoms with Crippen LogP contribution in [0.4, 0.5) is 5.69 Å². The molecule has 0 saturated carbocycles. The van der Waals surface area contributed by atoms with Gasteiger partial charge in [-0.2, -0.15) is 0 Å². The Morgan fingerprint density at radius 2 is 1.88 bits per heavy atom. The number of amides is 2. The van der Waals surface area contributed by atoms with Gasteiger partial charge in [0, 0.05) is 55.4 Å². The molecule has 3 aromatic rings. The molecule has 0 bridgehead atoms. The minimum Gasteiger partial charge on any atom is -0.474 e. The van der Waals surface area contributed by atoms with Gasteiger partial charge in [0.25, 0.3) is 5.91 Å². The van der Waals surface area contributed by atoms with Crippen LogP contribution in [0, 0.1) is 0 Å². The predicted molar refractivity (Wildman–Crippen MR) is 130 cm³/mol. The topological polar surface area (TPSA) is 62.7 Å². The van der Waals surface area contributed by atoms with Gasteiger partial charge in [0.15, 0.2) is 0 Å². The number of rotatable bonds is 4. The summed E-state index contributed by atoms with van der Waals surface area (Å²) in [6.07, 6.45) is 4.15. The number of hydrogen-bond donors (Lipinski definition) is 0. The predicted octanol–water partition coefficient (Wildman–Crippen LogP) is 5.06. The molecule has 2 aliphatic heterocycles. The molecule has 33 heavy (non-hydrogen) atoms. The minimum absolute atomic E-state index is 0.00790. The monoisotopic (exact) mass is 481 g/mol. The molecule has 0 radical (unpaired) electrons. The quantitative estimate of drug-likeness (QED) is 0.522. The summed E-state index contributed by atoms with van der Waals surface area (Å²) >= 11 is 7.53. The Labute approximate surface area is 201 Å². The van der Waals surface area contributed by atoms with Gasteiger partial charge in [-0.05, 0) is 41.8 Å². The second kappa shape index (κ2) is 9.15. The highest BCUT2D eigenvalue weighted by Gasteiger charge is 2.29. The van der Waals surface area contributed by atoms with Crippen LogP contribution in [0.1, 0.15) is 35.0 Å². The van der Waals surface area contributed by atoms with E-state index in [1.54, 1.807) is 18.0 Å². The van der Waals surface area contributed by atoms with Crippen molar-refractivity contribution in [2.24, 2.45) is 0 Å². The highest BCUT2D eigenvalue weighted by molar-refractivity contribution is 7.17. The lowest BCUT2D eigenvalue weighted by Crippen LogP contribution is -2.40. The zero-order valence-electron chi connectivity index (χ0n) is 18.3. The number of halogens is 1. The van der Waals surface area contributed by atoms with Crippen LogP contribution >= 0.6 is 22.9 Å². The molecule has 6 nitrogen and oxygen atoms in total. The molecule has 1 saturated heterocycles. The fourth-order valence-electron chi connectivity index (χ4n) is 4.32. The van der Waals surface area contributed by atoms with Gasteiger partial charge in [0.2, 0.25) is 11.8 Å². The van der Waals surface area contributed by atoms with E-state index < -0.39 is 0 Å². The number of ether oxygens (including phenoxy) is 1. The van der Waals surface area contributed by atoms with Crippen LogP contribution in [-0.4, -0.2) is 47.4 Å². The van der Waals surface area contributed by atoms with Crippen molar-refractivity contribution < 1.29 is 14.3 Å². The van der Waals surface area contributed by atoms with Crippen LogP contribution in [0.25, 0.3) is 10.4 Å². The Balaban J connectivity index is 1.26. The van der Waals surface area contributed by atoms with Gasteiger partial charge in [0.1, 0.15) is 6.10 Å². The third-order valence-corrected chi connectivity index (χ3v) is 7.66. The maximum atomic E-state index is 13.2. The molecule has 170 valence electrons. The third kappa shape index (κ3) is 4.61. The van der Waals surface area contributed by atoms with Crippen LogP contribution in [0.2, 0.25) is 5.02 Å². The first-order valence-corrected chi connectivity index (χ1v) is 12.3. The van der Waals surface area contributed by atoms with Crippen LogP contribution in [0.5, 0.6) is 5.88 Å². The molecular formula is C25H24ClN3O3S. The van der Waals surface area contributed by atoms with Crippen molar-refractivity contribution in [2.75, 3.05) is 24.5 Å². The number of carbonyl (C=O) groups excluding carboxylic acids is 2. The Hall–Kier alpha value is -2.90. The second-order valence-electron chi connectivity index (χ2n) is 8.36. The van der Waals surface area contributed by atoms with Gasteiger partial charge in [-0.15, -0.1) is 11.3 Å². The first-order valence-electron chi connectivity index (χ1n) is 11.1. The molecule has 0 atom stereocenters. The lowest BCUT2D eigenvalue weighted by molar-refractivity contribution is -0.130. The molecule has 0 N–H and O–H groups in total. The first kappa shape index (κ1) is 21.9. The number of anilines is 1. The first-order chi connectivity index (χ1) is 16.0. The summed E-state index contributed by atoms with van der Waals surface area (Å²) < 4.78 is 6.01. The fraction of sp³-hybridized carbons (Fsp3) is 0.320. The van der Waals surface area contributed by atoms with Crippen LogP contribution < -0.4 is 9.64 Å². The van der Waals surface area contributed by atoms with Crippen molar-refractivity contribution in [1.82, 2.24) is 9.88 Å². The number of carbonyl (C=O) groups is 2. The average Bonchev–Trinajstić information content (AvgIpc) is 3.26. The summed E-state index contributed by atoms with van der Waals surface area (Å²) in [5.41, 5.74) is 2.93. The number of thiophene rings is 1. The SMILES string of the molecule is CC(=O)N1CCC(Oc2ccc(N3CCc4cc(-c5ccc(Cl)cc5)sc4C3=O)cn2)CC1. The van der Waals surface area contributed by atoms with Crippen molar-refractivity contribution in [3.63, 3.8) is 0 Å². The van der Waals surface area contributed by atoms with E-state index in [0.717, 1.165) is 45.8 Å². The number of nitrogens with zero attached hydrogens (tertiary/aromatic N) is 3. The zero-order chi connectivity index (χ0) is 22.9. The van der Waals surface area contributed by atoms with E-state index in [2.05, 4.69) is 11.1 Å². The zero-order valence-corrected chi connectivity index (χ0v) is 19.9. The summed E-state index contributed by atoms with van der Waals surface area (Å²) in [7, 11) is 0. The summed E-state index contributed by atoms with van der Waals surface area (Å²) in [5.74, 6) is 0.663. The molecular weight excluding hydrogens is 458 g/mol. The van der Waals surface area contributed by atoms with E-state index in [1.165, 1.54) is 11.3 Å². The van der Waals surface area contributed by atoms with Crippen LogP contribution in [0.3, 0.4) is 0 Å². The molecule has 4 heterocycles. The molecule has 2 aliphatic rings. The van der Waals surface area contributed by atoms with Crippen molar-refractivity contribution in [2.45, 2.75) is 32.3 Å². The Morgan fingerprint density at radius 3 is 2.55 bits per heavy atom. The number of fused-ring (bicyclic) bond motifs is 1. The highest BCUT2D eigenvalue weighted by Crippen LogP contribution is 2.36. The Morgan fingerprint density at radius 1 is 1.12 bits per heavy atom. The van der Waals surface area contributed by atoms with E-state index in [0.29, 0.717) is 30.5 Å². The van der Waals surface area contributed by atoms with E-state index in [4.69, 9.17) is 16.3 Å². The Kier molecular flexibility index (Phi) is 6.08. The maximum Gasteiger partial charge on any atom is 0.268 e. The molecule has 5 rings (SSSR count). The van der Waals surface area contributed by atoms with Crippen molar-refractivity contribution in [3.8, 4) is 16.3 Å². The molecule has 2 aromatic heterocycles. The number of piperidine rings is 1. The molecule has 2 amide bonds. The molecule has 0 unspecified atom stereocenters. The van der Waals surface area contributed by atoms with Gasteiger partial charge in [-0.25, -0.2) is 4.98 Å². The number of hydrogen-bond acceptors (Lipinski definition) is 5. The van der Waals surface area contributed by atoms with Crippen LogP contribution in [0.15, 0.2) is 48.7 Å². The van der Waals surface area contributed by atoms with E-state index in [1.807, 2.05) is 41.3 Å². The molecule has 8 heteroatoms. The van der Waals surface area contributed by atoms with Crippen molar-refractivity contribution >= 4 is 40.4 Å². The largest absolute Gasteiger partial charge is 0.474 e. The van der Waals surface area contributed by atoms with Gasteiger partial charge in [-0.3, -0.25) is 9.59 Å². The number of pyridine rings is 1. The highest BCUT2D eigenvalue weighted by atomic mass is 35.5. The molecule has 0 aliphatic carbocycles. The fourth-order valence-corrected chi connectivity index (χ4v) is 5.61. The molecule has 0 spiro atoms. The number of likely N-dealkylation sites (tertiary alicyclic amines) is 1. The molecule has 1 aromatic carbocycles. The van der Waals surface area contributed by atoms with Gasteiger partial charge < -0.3 is 14.5 Å². The van der Waals surface area contributed by atoms with E-state index >= 15 is 0 Å². The minimum atomic E-state index is 0.00790. The van der Waals surface area contributed by atoms with E-state index in [9.17, 15) is 9.59 Å². The number of benzene rings is 1. The van der Waals surface area contributed by atoms with Crippen LogP contribution in [-0.2, 0) is 11.2 Å². The summed E-state index contributed by atoms with van der Waals surface area (Å²) in [6.45, 7) is 3.64. The summed E-state index contributed by atoms with van der Waals surface area (Å²) in [6, 6.07) is 13.5. The smallest absolute Gasteiger partial charge is 0.268 e. The van der Waals surface area contributed by atoms with Gasteiger partial charge >= 0.3 is 0 Å². The maximum absolute atomic E-state index is 13.2. The molecule has 1 fully saturated rings. The van der Waals surface area contributed by atoms with E-state index in [-0.39, 0.29) is 17.9 Å². The lowest BCUT2D eigenvalue weighted by Gasteiger charge is -2.31. The average molecular weight is 482 g/mol.